The molecule has 0 fully saturated rings. The van der Waals surface area contributed by atoms with Crippen LogP contribution in [0.5, 0.6) is 0 Å². The molecule has 0 bridgehead atoms. The second kappa shape index (κ2) is 6.11. The fourth-order valence-corrected chi connectivity index (χ4v) is 1.38. The van der Waals surface area contributed by atoms with E-state index in [0.717, 1.165) is 26.3 Å². The van der Waals surface area contributed by atoms with E-state index in [-0.39, 0.29) is 0 Å². The molecule has 0 saturated carbocycles. The van der Waals surface area contributed by atoms with Crippen LogP contribution in [-0.4, -0.2) is 24.1 Å². The minimum Gasteiger partial charge on any atom is -0.380 e. The lowest BCUT2D eigenvalue weighted by Gasteiger charge is -2.01. The largest absolute Gasteiger partial charge is 0.380 e. The van der Waals surface area contributed by atoms with Crippen molar-refractivity contribution in [2.75, 3.05) is 19.8 Å². The molecule has 68 valence electrons. The smallest absolute Gasteiger partial charge is 0.0590 e. The fraction of sp³-hybridized carbons (Fsp3) is 0.625. The molecule has 12 heavy (non-hydrogen) atoms. The van der Waals surface area contributed by atoms with E-state index in [1.54, 1.807) is 0 Å². The lowest BCUT2D eigenvalue weighted by Crippen LogP contribution is -2.18. The van der Waals surface area contributed by atoms with Gasteiger partial charge in [-0.15, -0.1) is 0 Å². The summed E-state index contributed by atoms with van der Waals surface area (Å²) < 4.78 is 9.19. The third-order valence-electron chi connectivity index (χ3n) is 1.42. The van der Waals surface area contributed by atoms with E-state index in [4.69, 9.17) is 4.74 Å². The molecule has 0 aromatic carbocycles. The van der Waals surface area contributed by atoms with Crippen molar-refractivity contribution in [3.63, 3.8) is 0 Å². The Morgan fingerprint density at radius 3 is 3.25 bits per heavy atom. The molecule has 0 atom stereocenters. The lowest BCUT2D eigenvalue weighted by molar-refractivity contribution is 0.149. The first-order valence-corrected chi connectivity index (χ1v) is 4.89. The van der Waals surface area contributed by atoms with Crippen molar-refractivity contribution in [3.8, 4) is 0 Å². The molecular weight excluding hydrogens is 172 g/mol. The van der Waals surface area contributed by atoms with Gasteiger partial charge in [-0.2, -0.15) is 0 Å². The van der Waals surface area contributed by atoms with E-state index in [9.17, 15) is 0 Å². The van der Waals surface area contributed by atoms with E-state index in [0.29, 0.717) is 0 Å². The summed E-state index contributed by atoms with van der Waals surface area (Å²) in [7, 11) is 0. The maximum atomic E-state index is 5.18. The second-order valence-corrected chi connectivity index (χ2v) is 3.27. The molecule has 1 rings (SSSR count). The van der Waals surface area contributed by atoms with Crippen LogP contribution in [0.1, 0.15) is 11.8 Å². The highest BCUT2D eigenvalue weighted by Gasteiger charge is 1.92. The molecule has 3 nitrogen and oxygen atoms in total. The number of hydrogen-bond acceptors (Lipinski definition) is 4. The number of nitrogens with one attached hydrogen (secondary N) is 1. The maximum Gasteiger partial charge on any atom is 0.0590 e. The molecule has 1 aromatic heterocycles. The van der Waals surface area contributed by atoms with E-state index < -0.39 is 0 Å². The zero-order valence-electron chi connectivity index (χ0n) is 7.25. The molecule has 0 saturated heterocycles. The van der Waals surface area contributed by atoms with Gasteiger partial charge in [0.15, 0.2) is 0 Å². The van der Waals surface area contributed by atoms with Gasteiger partial charge in [-0.05, 0) is 24.5 Å². The van der Waals surface area contributed by atoms with Crippen LogP contribution >= 0.6 is 11.5 Å². The topological polar surface area (TPSA) is 34.1 Å². The summed E-state index contributed by atoms with van der Waals surface area (Å²) in [6.07, 6.45) is 1.82. The molecule has 4 heteroatoms. The van der Waals surface area contributed by atoms with Crippen molar-refractivity contribution >= 4 is 11.5 Å². The lowest BCUT2D eigenvalue weighted by atomic mass is 10.5. The molecule has 0 aliphatic rings. The van der Waals surface area contributed by atoms with Crippen LogP contribution in [0.15, 0.2) is 12.3 Å². The maximum absolute atomic E-state index is 5.18. The van der Waals surface area contributed by atoms with Crippen molar-refractivity contribution in [3.05, 3.63) is 17.1 Å². The number of aromatic nitrogens is 1. The average molecular weight is 186 g/mol. The fourth-order valence-electron chi connectivity index (χ4n) is 0.834. The summed E-state index contributed by atoms with van der Waals surface area (Å²) in [6.45, 7) is 5.39. The van der Waals surface area contributed by atoms with Crippen molar-refractivity contribution in [1.29, 1.82) is 0 Å². The molecule has 0 spiro atoms. The van der Waals surface area contributed by atoms with E-state index >= 15 is 0 Å². The number of ether oxygens (including phenoxy) is 1. The van der Waals surface area contributed by atoms with Gasteiger partial charge in [-0.25, -0.2) is 4.37 Å². The first-order valence-electron chi connectivity index (χ1n) is 4.11. The summed E-state index contributed by atoms with van der Waals surface area (Å²) in [4.78, 5) is 1.27. The Labute approximate surface area is 76.9 Å². The zero-order chi connectivity index (χ0) is 8.65. The molecule has 0 aliphatic carbocycles. The number of hydrogen-bond donors (Lipinski definition) is 1. The third-order valence-corrected chi connectivity index (χ3v) is 2.16. The van der Waals surface area contributed by atoms with Crippen molar-refractivity contribution < 1.29 is 4.74 Å². The Kier molecular flexibility index (Phi) is 4.91. The summed E-state index contributed by atoms with van der Waals surface area (Å²) in [6, 6.07) is 2.03. The van der Waals surface area contributed by atoms with Crippen LogP contribution in [0.25, 0.3) is 0 Å². The predicted octanol–water partition coefficient (Wildman–Crippen LogP) is 1.27. The Balaban J connectivity index is 1.96. The molecule has 1 heterocycles. The Morgan fingerprint density at radius 1 is 1.67 bits per heavy atom. The zero-order valence-corrected chi connectivity index (χ0v) is 8.06. The van der Waals surface area contributed by atoms with E-state index in [1.165, 1.54) is 16.4 Å². The predicted molar refractivity (Wildman–Crippen MR) is 50.3 cm³/mol. The Bertz CT molecular complexity index is 189. The van der Waals surface area contributed by atoms with Gasteiger partial charge < -0.3 is 10.1 Å². The quantitative estimate of drug-likeness (QED) is 0.679. The molecule has 1 N–H and O–H groups in total. The van der Waals surface area contributed by atoms with Gasteiger partial charge >= 0.3 is 0 Å². The van der Waals surface area contributed by atoms with Crippen LogP contribution in [0.2, 0.25) is 0 Å². The molecule has 0 aliphatic heterocycles. The highest BCUT2D eigenvalue weighted by Crippen LogP contribution is 2.02. The monoisotopic (exact) mass is 186 g/mol. The first-order chi connectivity index (χ1) is 5.93. The van der Waals surface area contributed by atoms with Crippen LogP contribution in [0.3, 0.4) is 0 Å². The summed E-state index contributed by atoms with van der Waals surface area (Å²) in [5, 5.41) is 3.27. The van der Waals surface area contributed by atoms with Crippen LogP contribution in [0.4, 0.5) is 0 Å². The van der Waals surface area contributed by atoms with Crippen molar-refractivity contribution in [2.45, 2.75) is 13.5 Å². The van der Waals surface area contributed by atoms with Crippen LogP contribution < -0.4 is 5.32 Å². The Hall–Kier alpha value is -0.450. The highest BCUT2D eigenvalue weighted by molar-refractivity contribution is 7.05. The summed E-state index contributed by atoms with van der Waals surface area (Å²) in [5.74, 6) is 0. The number of nitrogens with zero attached hydrogens (tertiary/aromatic N) is 1. The van der Waals surface area contributed by atoms with Crippen LogP contribution in [0, 0.1) is 0 Å². The summed E-state index contributed by atoms with van der Waals surface area (Å²) >= 11 is 1.53. The minimum atomic E-state index is 0.787. The third kappa shape index (κ3) is 3.80. The average Bonchev–Trinajstić information content (AvgIpc) is 2.57. The Morgan fingerprint density at radius 2 is 2.58 bits per heavy atom. The second-order valence-electron chi connectivity index (χ2n) is 2.35. The van der Waals surface area contributed by atoms with Gasteiger partial charge in [0, 0.05) is 30.8 Å². The van der Waals surface area contributed by atoms with Gasteiger partial charge in [0.05, 0.1) is 6.61 Å². The van der Waals surface area contributed by atoms with Gasteiger partial charge in [0.1, 0.15) is 0 Å². The molecule has 0 radical (unpaired) electrons. The normalized spacial score (nSPS) is 10.4. The molecule has 0 unspecified atom stereocenters. The van der Waals surface area contributed by atoms with Gasteiger partial charge in [0.25, 0.3) is 0 Å². The van der Waals surface area contributed by atoms with E-state index in [2.05, 4.69) is 9.69 Å². The van der Waals surface area contributed by atoms with Crippen molar-refractivity contribution in [1.82, 2.24) is 9.69 Å². The molecular formula is C8H14N2OS. The SMILES string of the molecule is CCOCCNCc1ccns1. The summed E-state index contributed by atoms with van der Waals surface area (Å²) in [5.41, 5.74) is 0. The highest BCUT2D eigenvalue weighted by atomic mass is 32.1. The first kappa shape index (κ1) is 9.64. The standard InChI is InChI=1S/C8H14N2OS/c1-2-11-6-5-9-7-8-3-4-10-12-8/h3-4,9H,2,5-7H2,1H3. The van der Waals surface area contributed by atoms with Gasteiger partial charge in [-0.1, -0.05) is 0 Å². The van der Waals surface area contributed by atoms with Gasteiger partial charge in [-0.3, -0.25) is 0 Å². The number of rotatable bonds is 6. The van der Waals surface area contributed by atoms with Crippen LogP contribution in [-0.2, 0) is 11.3 Å². The minimum absolute atomic E-state index is 0.787. The van der Waals surface area contributed by atoms with Gasteiger partial charge in [0.2, 0.25) is 0 Å². The van der Waals surface area contributed by atoms with Crippen molar-refractivity contribution in [2.24, 2.45) is 0 Å². The molecule has 1 aromatic rings. The molecule has 0 amide bonds. The van der Waals surface area contributed by atoms with E-state index in [1.807, 2.05) is 19.2 Å².